The lowest BCUT2D eigenvalue weighted by Gasteiger charge is -2.09. The van der Waals surface area contributed by atoms with Crippen molar-refractivity contribution in [3.05, 3.63) is 41.7 Å². The molecule has 0 atom stereocenters. The highest BCUT2D eigenvalue weighted by Crippen LogP contribution is 2.23. The molecule has 2 aromatic rings. The molecular formula is C17H23N3O. The second-order valence-electron chi connectivity index (χ2n) is 5.49. The normalized spacial score (nSPS) is 10.9. The zero-order valence-corrected chi connectivity index (χ0v) is 13.0. The summed E-state index contributed by atoms with van der Waals surface area (Å²) in [5.41, 5.74) is 7.13. The van der Waals surface area contributed by atoms with E-state index in [4.69, 9.17) is 10.5 Å². The van der Waals surface area contributed by atoms with Crippen molar-refractivity contribution < 1.29 is 4.74 Å². The van der Waals surface area contributed by atoms with Gasteiger partial charge in [0.05, 0.1) is 0 Å². The number of benzene rings is 1. The van der Waals surface area contributed by atoms with E-state index in [1.54, 1.807) is 6.07 Å². The summed E-state index contributed by atoms with van der Waals surface area (Å²) in [5, 5.41) is 0. The topological polar surface area (TPSA) is 61.0 Å². The third kappa shape index (κ3) is 4.45. The zero-order chi connectivity index (χ0) is 15.2. The molecule has 1 heterocycles. The van der Waals surface area contributed by atoms with E-state index < -0.39 is 0 Å². The maximum absolute atomic E-state index is 5.80. The predicted molar refractivity (Wildman–Crippen MR) is 85.7 cm³/mol. The average molecular weight is 285 g/mol. The first-order chi connectivity index (χ1) is 10.1. The van der Waals surface area contributed by atoms with Gasteiger partial charge in [0, 0.05) is 12.0 Å². The molecule has 0 saturated carbocycles. The van der Waals surface area contributed by atoms with Crippen LogP contribution in [-0.2, 0) is 6.42 Å². The van der Waals surface area contributed by atoms with Crippen LogP contribution in [-0.4, -0.2) is 9.97 Å². The van der Waals surface area contributed by atoms with Gasteiger partial charge in [0.25, 0.3) is 0 Å². The summed E-state index contributed by atoms with van der Waals surface area (Å²) in [6, 6.07) is 9.78. The lowest BCUT2D eigenvalue weighted by atomic mass is 10.1. The van der Waals surface area contributed by atoms with E-state index in [1.807, 2.05) is 26.0 Å². The molecule has 0 fully saturated rings. The van der Waals surface area contributed by atoms with Gasteiger partial charge < -0.3 is 10.5 Å². The van der Waals surface area contributed by atoms with Gasteiger partial charge in [0.15, 0.2) is 0 Å². The second kappa shape index (κ2) is 7.07. The lowest BCUT2D eigenvalue weighted by molar-refractivity contribution is 0.457. The molecule has 0 aliphatic rings. The maximum atomic E-state index is 5.80. The second-order valence-corrected chi connectivity index (χ2v) is 5.49. The van der Waals surface area contributed by atoms with Crippen molar-refractivity contribution in [1.29, 1.82) is 0 Å². The van der Waals surface area contributed by atoms with E-state index in [0.29, 0.717) is 17.5 Å². The molecular weight excluding hydrogens is 262 g/mol. The number of hydrogen-bond donors (Lipinski definition) is 1. The molecule has 0 aliphatic carbocycles. The third-order valence-electron chi connectivity index (χ3n) is 3.22. The Morgan fingerprint density at radius 1 is 1.14 bits per heavy atom. The van der Waals surface area contributed by atoms with Crippen LogP contribution < -0.4 is 10.5 Å². The minimum Gasteiger partial charge on any atom is -0.439 e. The molecule has 0 unspecified atom stereocenters. The van der Waals surface area contributed by atoms with E-state index in [0.717, 1.165) is 12.2 Å². The van der Waals surface area contributed by atoms with Crippen LogP contribution >= 0.6 is 0 Å². The molecule has 2 N–H and O–H groups in total. The molecule has 0 spiro atoms. The molecule has 2 rings (SSSR count). The van der Waals surface area contributed by atoms with Crippen LogP contribution in [0.1, 0.15) is 50.9 Å². The molecule has 0 bridgehead atoms. The summed E-state index contributed by atoms with van der Waals surface area (Å²) in [6.45, 7) is 6.26. The molecule has 4 heteroatoms. The van der Waals surface area contributed by atoms with Crippen LogP contribution in [0.4, 0.5) is 5.82 Å². The van der Waals surface area contributed by atoms with Crippen molar-refractivity contribution in [1.82, 2.24) is 9.97 Å². The van der Waals surface area contributed by atoms with Crippen molar-refractivity contribution >= 4 is 5.82 Å². The highest BCUT2D eigenvalue weighted by Gasteiger charge is 2.08. The summed E-state index contributed by atoms with van der Waals surface area (Å²) in [6.07, 6.45) is 3.52. The van der Waals surface area contributed by atoms with Gasteiger partial charge in [-0.15, -0.1) is 0 Å². The SMILES string of the molecule is CCCCc1ccc(Oc2cc(N)nc(C(C)C)n2)cc1. The predicted octanol–water partition coefficient (Wildman–Crippen LogP) is 4.32. The van der Waals surface area contributed by atoms with Gasteiger partial charge in [-0.2, -0.15) is 4.98 Å². The van der Waals surface area contributed by atoms with Gasteiger partial charge in [0.2, 0.25) is 5.88 Å². The number of rotatable bonds is 6. The monoisotopic (exact) mass is 285 g/mol. The number of ether oxygens (including phenoxy) is 1. The molecule has 1 aromatic heterocycles. The Hall–Kier alpha value is -2.10. The Morgan fingerprint density at radius 3 is 2.48 bits per heavy atom. The molecule has 1 aromatic carbocycles. The molecule has 0 aliphatic heterocycles. The van der Waals surface area contributed by atoms with Gasteiger partial charge in [-0.1, -0.05) is 39.3 Å². The lowest BCUT2D eigenvalue weighted by Crippen LogP contribution is -2.03. The number of anilines is 1. The molecule has 4 nitrogen and oxygen atoms in total. The van der Waals surface area contributed by atoms with Crippen molar-refractivity contribution in [2.45, 2.75) is 46.0 Å². The number of unbranched alkanes of at least 4 members (excludes halogenated alkanes) is 1. The van der Waals surface area contributed by atoms with Crippen LogP contribution in [0.5, 0.6) is 11.6 Å². The molecule has 0 amide bonds. The van der Waals surface area contributed by atoms with E-state index in [-0.39, 0.29) is 5.92 Å². The number of nitrogens with zero attached hydrogens (tertiary/aromatic N) is 2. The zero-order valence-electron chi connectivity index (χ0n) is 13.0. The first-order valence-electron chi connectivity index (χ1n) is 7.49. The number of aryl methyl sites for hydroxylation is 1. The summed E-state index contributed by atoms with van der Waals surface area (Å²) in [7, 11) is 0. The molecule has 112 valence electrons. The van der Waals surface area contributed by atoms with Crippen LogP contribution in [0.3, 0.4) is 0 Å². The van der Waals surface area contributed by atoms with Crippen LogP contribution in [0.25, 0.3) is 0 Å². The van der Waals surface area contributed by atoms with Crippen molar-refractivity contribution in [3.63, 3.8) is 0 Å². The van der Waals surface area contributed by atoms with Crippen LogP contribution in [0.2, 0.25) is 0 Å². The van der Waals surface area contributed by atoms with Gasteiger partial charge in [0.1, 0.15) is 17.4 Å². The Labute approximate surface area is 126 Å². The molecule has 21 heavy (non-hydrogen) atoms. The Morgan fingerprint density at radius 2 is 1.86 bits per heavy atom. The third-order valence-corrected chi connectivity index (χ3v) is 3.22. The Kier molecular flexibility index (Phi) is 5.14. The first-order valence-corrected chi connectivity index (χ1v) is 7.49. The largest absolute Gasteiger partial charge is 0.439 e. The fourth-order valence-corrected chi connectivity index (χ4v) is 2.00. The fourth-order valence-electron chi connectivity index (χ4n) is 2.00. The first kappa shape index (κ1) is 15.3. The quantitative estimate of drug-likeness (QED) is 0.858. The molecule has 0 radical (unpaired) electrons. The minimum atomic E-state index is 0.215. The number of nitrogens with two attached hydrogens (primary N) is 1. The average Bonchev–Trinajstić information content (AvgIpc) is 2.46. The summed E-state index contributed by atoms with van der Waals surface area (Å²) in [5.74, 6) is 2.61. The standard InChI is InChI=1S/C17H23N3O/c1-4-5-6-13-7-9-14(10-8-13)21-16-11-15(18)19-17(20-16)12(2)3/h7-12H,4-6H2,1-3H3,(H2,18,19,20). The minimum absolute atomic E-state index is 0.215. The fraction of sp³-hybridized carbons (Fsp3) is 0.412. The van der Waals surface area contributed by atoms with Gasteiger partial charge in [-0.25, -0.2) is 4.98 Å². The Bertz CT molecular complexity index is 579. The van der Waals surface area contributed by atoms with Gasteiger partial charge in [-0.05, 0) is 30.5 Å². The highest BCUT2D eigenvalue weighted by molar-refractivity contribution is 5.37. The maximum Gasteiger partial charge on any atom is 0.224 e. The summed E-state index contributed by atoms with van der Waals surface area (Å²) >= 11 is 0. The number of hydrogen-bond acceptors (Lipinski definition) is 4. The highest BCUT2D eigenvalue weighted by atomic mass is 16.5. The van der Waals surface area contributed by atoms with Crippen LogP contribution in [0, 0.1) is 0 Å². The van der Waals surface area contributed by atoms with E-state index >= 15 is 0 Å². The Balaban J connectivity index is 2.10. The van der Waals surface area contributed by atoms with Crippen LogP contribution in [0.15, 0.2) is 30.3 Å². The smallest absolute Gasteiger partial charge is 0.224 e. The summed E-state index contributed by atoms with van der Waals surface area (Å²) in [4.78, 5) is 8.60. The summed E-state index contributed by atoms with van der Waals surface area (Å²) < 4.78 is 5.78. The van der Waals surface area contributed by atoms with Crippen molar-refractivity contribution in [3.8, 4) is 11.6 Å². The number of nitrogen functional groups attached to an aromatic ring is 1. The van der Waals surface area contributed by atoms with Gasteiger partial charge >= 0.3 is 0 Å². The van der Waals surface area contributed by atoms with Gasteiger partial charge in [-0.3, -0.25) is 0 Å². The van der Waals surface area contributed by atoms with Crippen molar-refractivity contribution in [2.75, 3.05) is 5.73 Å². The van der Waals surface area contributed by atoms with Crippen molar-refractivity contribution in [2.24, 2.45) is 0 Å². The van der Waals surface area contributed by atoms with E-state index in [9.17, 15) is 0 Å². The molecule has 0 saturated heterocycles. The van der Waals surface area contributed by atoms with E-state index in [2.05, 4.69) is 29.0 Å². The number of aromatic nitrogens is 2. The van der Waals surface area contributed by atoms with E-state index in [1.165, 1.54) is 18.4 Å².